The van der Waals surface area contributed by atoms with E-state index in [1.165, 1.54) is 19.3 Å². The van der Waals surface area contributed by atoms with Crippen molar-refractivity contribution in [2.45, 2.75) is 53.0 Å². The van der Waals surface area contributed by atoms with Gasteiger partial charge in [0.05, 0.1) is 11.4 Å². The van der Waals surface area contributed by atoms with Crippen LogP contribution in [0.5, 0.6) is 0 Å². The Morgan fingerprint density at radius 2 is 2.00 bits per heavy atom. The fraction of sp³-hybridized carbons (Fsp3) is 0.714. The largest absolute Gasteiger partial charge is 0.366 e. The molecule has 3 unspecified atom stereocenters. The van der Waals surface area contributed by atoms with Crippen molar-refractivity contribution in [3.8, 4) is 0 Å². The van der Waals surface area contributed by atoms with Crippen molar-refractivity contribution in [2.24, 2.45) is 11.8 Å². The van der Waals surface area contributed by atoms with E-state index >= 15 is 0 Å². The number of aryl methyl sites for hydroxylation is 2. The molecular formula is C14H23N3. The predicted molar refractivity (Wildman–Crippen MR) is 71.1 cm³/mol. The van der Waals surface area contributed by atoms with Crippen molar-refractivity contribution in [3.05, 3.63) is 17.6 Å². The van der Waals surface area contributed by atoms with Gasteiger partial charge in [-0.25, -0.2) is 4.98 Å². The first-order valence-electron chi connectivity index (χ1n) is 6.64. The van der Waals surface area contributed by atoms with Crippen LogP contribution in [-0.4, -0.2) is 16.0 Å². The van der Waals surface area contributed by atoms with E-state index in [1.807, 2.05) is 20.0 Å². The Kier molecular flexibility index (Phi) is 3.65. The Morgan fingerprint density at radius 3 is 2.76 bits per heavy atom. The third-order valence-corrected chi connectivity index (χ3v) is 4.10. The summed E-state index contributed by atoms with van der Waals surface area (Å²) in [4.78, 5) is 8.92. The lowest BCUT2D eigenvalue weighted by molar-refractivity contribution is 0.252. The zero-order chi connectivity index (χ0) is 12.4. The Labute approximate surface area is 104 Å². The molecule has 1 aromatic heterocycles. The Morgan fingerprint density at radius 1 is 1.24 bits per heavy atom. The second kappa shape index (κ2) is 5.03. The summed E-state index contributed by atoms with van der Waals surface area (Å²) in [5.74, 6) is 2.49. The molecule has 17 heavy (non-hydrogen) atoms. The topological polar surface area (TPSA) is 37.8 Å². The number of rotatable bonds is 2. The highest BCUT2D eigenvalue weighted by molar-refractivity contribution is 5.40. The normalized spacial score (nSPS) is 29.1. The molecule has 1 saturated carbocycles. The van der Waals surface area contributed by atoms with Gasteiger partial charge in [0.15, 0.2) is 0 Å². The molecule has 0 saturated heterocycles. The molecule has 0 bridgehead atoms. The van der Waals surface area contributed by atoms with Gasteiger partial charge in [-0.1, -0.05) is 26.7 Å². The molecule has 0 radical (unpaired) electrons. The first-order valence-corrected chi connectivity index (χ1v) is 6.64. The maximum Gasteiger partial charge on any atom is 0.147 e. The van der Waals surface area contributed by atoms with E-state index in [0.717, 1.165) is 23.1 Å². The molecule has 1 N–H and O–H groups in total. The highest BCUT2D eigenvalue weighted by Crippen LogP contribution is 2.31. The number of nitrogens with zero attached hydrogens (tertiary/aromatic N) is 2. The average Bonchev–Trinajstić information content (AvgIpc) is 2.30. The third-order valence-electron chi connectivity index (χ3n) is 4.10. The average molecular weight is 233 g/mol. The summed E-state index contributed by atoms with van der Waals surface area (Å²) in [5.41, 5.74) is 1.98. The van der Waals surface area contributed by atoms with Crippen LogP contribution in [0.3, 0.4) is 0 Å². The summed E-state index contributed by atoms with van der Waals surface area (Å²) in [7, 11) is 0. The highest BCUT2D eigenvalue weighted by atomic mass is 15.0. The molecule has 0 amide bonds. The Bertz CT molecular complexity index is 389. The van der Waals surface area contributed by atoms with Gasteiger partial charge in [-0.15, -0.1) is 0 Å². The van der Waals surface area contributed by atoms with Gasteiger partial charge in [0, 0.05) is 12.2 Å². The lowest BCUT2D eigenvalue weighted by atomic mass is 9.78. The molecule has 0 aromatic carbocycles. The second-order valence-corrected chi connectivity index (χ2v) is 5.46. The molecule has 1 fully saturated rings. The van der Waals surface area contributed by atoms with Crippen LogP contribution in [0.15, 0.2) is 6.20 Å². The van der Waals surface area contributed by atoms with Crippen molar-refractivity contribution in [2.75, 3.05) is 5.32 Å². The minimum atomic E-state index is 0.550. The number of aromatic nitrogens is 2. The highest BCUT2D eigenvalue weighted by Gasteiger charge is 2.27. The summed E-state index contributed by atoms with van der Waals surface area (Å²) in [6, 6.07) is 0.550. The quantitative estimate of drug-likeness (QED) is 0.851. The summed E-state index contributed by atoms with van der Waals surface area (Å²) >= 11 is 0. The van der Waals surface area contributed by atoms with Gasteiger partial charge in [-0.2, -0.15) is 0 Å². The standard InChI is InChI=1S/C14H23N3/c1-9-6-5-7-13(11(9)3)17-14-12(4)15-8-10(2)16-14/h8-9,11,13H,5-7H2,1-4H3,(H,16,17). The first kappa shape index (κ1) is 12.3. The molecule has 1 aromatic rings. The third kappa shape index (κ3) is 2.76. The number of hydrogen-bond acceptors (Lipinski definition) is 3. The first-order chi connectivity index (χ1) is 8.08. The summed E-state index contributed by atoms with van der Waals surface area (Å²) in [5, 5.41) is 3.60. The molecule has 0 aliphatic heterocycles. The summed E-state index contributed by atoms with van der Waals surface area (Å²) in [6.45, 7) is 8.71. The molecule has 3 nitrogen and oxygen atoms in total. The Hall–Kier alpha value is -1.12. The monoisotopic (exact) mass is 233 g/mol. The molecule has 94 valence electrons. The molecule has 3 atom stereocenters. The molecule has 1 aliphatic carbocycles. The summed E-state index contributed by atoms with van der Waals surface area (Å²) < 4.78 is 0. The Balaban J connectivity index is 2.11. The van der Waals surface area contributed by atoms with Crippen LogP contribution >= 0.6 is 0 Å². The van der Waals surface area contributed by atoms with E-state index in [0.29, 0.717) is 12.0 Å². The second-order valence-electron chi connectivity index (χ2n) is 5.46. The number of hydrogen-bond donors (Lipinski definition) is 1. The fourth-order valence-corrected chi connectivity index (χ4v) is 2.64. The van der Waals surface area contributed by atoms with Gasteiger partial charge in [0.2, 0.25) is 0 Å². The van der Waals surface area contributed by atoms with E-state index < -0.39 is 0 Å². The van der Waals surface area contributed by atoms with Crippen molar-refractivity contribution in [3.63, 3.8) is 0 Å². The lowest BCUT2D eigenvalue weighted by Crippen LogP contribution is -2.35. The van der Waals surface area contributed by atoms with Gasteiger partial charge in [-0.3, -0.25) is 4.98 Å². The smallest absolute Gasteiger partial charge is 0.147 e. The molecular weight excluding hydrogens is 210 g/mol. The van der Waals surface area contributed by atoms with Crippen molar-refractivity contribution >= 4 is 5.82 Å². The van der Waals surface area contributed by atoms with Crippen LogP contribution in [0.25, 0.3) is 0 Å². The van der Waals surface area contributed by atoms with Gasteiger partial charge in [-0.05, 0) is 32.1 Å². The molecule has 2 rings (SSSR count). The zero-order valence-electron chi connectivity index (χ0n) is 11.3. The van der Waals surface area contributed by atoms with E-state index in [9.17, 15) is 0 Å². The van der Waals surface area contributed by atoms with Gasteiger partial charge < -0.3 is 5.32 Å². The van der Waals surface area contributed by atoms with Crippen LogP contribution in [-0.2, 0) is 0 Å². The predicted octanol–water partition coefficient (Wildman–Crippen LogP) is 3.33. The summed E-state index contributed by atoms with van der Waals surface area (Å²) in [6.07, 6.45) is 5.76. The van der Waals surface area contributed by atoms with Gasteiger partial charge >= 0.3 is 0 Å². The van der Waals surface area contributed by atoms with Crippen LogP contribution < -0.4 is 5.32 Å². The number of nitrogens with one attached hydrogen (secondary N) is 1. The number of anilines is 1. The molecule has 3 heteroatoms. The van der Waals surface area contributed by atoms with E-state index in [2.05, 4.69) is 29.1 Å². The fourth-order valence-electron chi connectivity index (χ4n) is 2.64. The molecule has 0 spiro atoms. The van der Waals surface area contributed by atoms with Crippen LogP contribution in [0, 0.1) is 25.7 Å². The van der Waals surface area contributed by atoms with E-state index in [-0.39, 0.29) is 0 Å². The molecule has 1 aliphatic rings. The maximum atomic E-state index is 4.55. The van der Waals surface area contributed by atoms with Crippen LogP contribution in [0.1, 0.15) is 44.5 Å². The van der Waals surface area contributed by atoms with Crippen LogP contribution in [0.2, 0.25) is 0 Å². The van der Waals surface area contributed by atoms with Crippen molar-refractivity contribution < 1.29 is 0 Å². The van der Waals surface area contributed by atoms with E-state index in [1.54, 1.807) is 0 Å². The van der Waals surface area contributed by atoms with E-state index in [4.69, 9.17) is 0 Å². The maximum absolute atomic E-state index is 4.55. The van der Waals surface area contributed by atoms with Crippen molar-refractivity contribution in [1.29, 1.82) is 0 Å². The van der Waals surface area contributed by atoms with Crippen molar-refractivity contribution in [1.82, 2.24) is 9.97 Å². The minimum absolute atomic E-state index is 0.550. The van der Waals surface area contributed by atoms with Gasteiger partial charge in [0.1, 0.15) is 5.82 Å². The van der Waals surface area contributed by atoms with Gasteiger partial charge in [0.25, 0.3) is 0 Å². The SMILES string of the molecule is Cc1cnc(C)c(NC2CCCC(C)C2C)n1. The molecule has 1 heterocycles. The lowest BCUT2D eigenvalue weighted by Gasteiger charge is -2.35. The minimum Gasteiger partial charge on any atom is -0.366 e. The zero-order valence-corrected chi connectivity index (χ0v) is 11.3. The van der Waals surface area contributed by atoms with Crippen LogP contribution in [0.4, 0.5) is 5.82 Å².